The van der Waals surface area contributed by atoms with E-state index in [-0.39, 0.29) is 29.1 Å². The molecule has 1 N–H and O–H groups in total. The van der Waals surface area contributed by atoms with Gasteiger partial charge in [-0.1, -0.05) is 37.3 Å². The average Bonchev–Trinajstić information content (AvgIpc) is 3.02. The molecule has 0 radical (unpaired) electrons. The first-order valence-corrected chi connectivity index (χ1v) is 15.3. The number of benzene rings is 3. The zero-order valence-electron chi connectivity index (χ0n) is 24.3. The summed E-state index contributed by atoms with van der Waals surface area (Å²) in [6.07, 6.45) is 0.720. The minimum atomic E-state index is -4.19. The quantitative estimate of drug-likeness (QED) is 0.337. The summed E-state index contributed by atoms with van der Waals surface area (Å²) in [5.41, 5.74) is 0.988. The Bertz CT molecular complexity index is 1480. The van der Waals surface area contributed by atoms with Crippen molar-refractivity contribution in [3.63, 3.8) is 0 Å². The molecular formula is C31H37N3O7S. The van der Waals surface area contributed by atoms with Gasteiger partial charge in [-0.05, 0) is 62.2 Å². The molecule has 224 valence electrons. The second-order valence-electron chi connectivity index (χ2n) is 10.0. The fourth-order valence-corrected chi connectivity index (χ4v) is 5.84. The summed E-state index contributed by atoms with van der Waals surface area (Å²) in [7, 11) is -2.63. The molecule has 2 atom stereocenters. The number of methoxy groups -OCH3 is 1. The minimum absolute atomic E-state index is 0.0250. The lowest BCUT2D eigenvalue weighted by Crippen LogP contribution is -2.52. The van der Waals surface area contributed by atoms with Crippen LogP contribution in [-0.2, 0) is 26.2 Å². The molecule has 2 amide bonds. The Morgan fingerprint density at radius 3 is 2.26 bits per heavy atom. The van der Waals surface area contributed by atoms with Gasteiger partial charge in [0.2, 0.25) is 11.8 Å². The number of sulfonamides is 1. The Morgan fingerprint density at radius 1 is 0.952 bits per heavy atom. The monoisotopic (exact) mass is 595 g/mol. The van der Waals surface area contributed by atoms with Gasteiger partial charge in [-0.25, -0.2) is 8.42 Å². The van der Waals surface area contributed by atoms with Gasteiger partial charge < -0.3 is 24.4 Å². The Balaban J connectivity index is 1.72. The molecule has 3 aromatic carbocycles. The summed E-state index contributed by atoms with van der Waals surface area (Å²) in [6.45, 7) is 5.71. The zero-order valence-corrected chi connectivity index (χ0v) is 25.1. The highest BCUT2D eigenvalue weighted by Crippen LogP contribution is 2.36. The Labute approximate surface area is 247 Å². The molecule has 0 saturated carbocycles. The number of rotatable bonds is 12. The van der Waals surface area contributed by atoms with Crippen LogP contribution in [0.15, 0.2) is 77.7 Å². The van der Waals surface area contributed by atoms with Gasteiger partial charge in [0.25, 0.3) is 10.0 Å². The standard InChI is InChI=1S/C31H37N3O7S/c1-5-22(2)32-31(36)23(3)33(20-24-11-14-26(39-4)15-12-24)30(35)21-34(42(37,38)27-9-7-6-8-10-27)25-13-16-28-29(19-25)41-18-17-40-28/h6-16,19,22-23H,5,17-18,20-21H2,1-4H3,(H,32,36)/t22-,23-/m1/s1. The molecule has 0 spiro atoms. The highest BCUT2D eigenvalue weighted by molar-refractivity contribution is 7.92. The maximum atomic E-state index is 14.1. The lowest BCUT2D eigenvalue weighted by atomic mass is 10.1. The molecule has 10 nitrogen and oxygen atoms in total. The van der Waals surface area contributed by atoms with Crippen molar-refractivity contribution in [3.05, 3.63) is 78.4 Å². The van der Waals surface area contributed by atoms with E-state index in [1.807, 2.05) is 13.8 Å². The number of amides is 2. The van der Waals surface area contributed by atoms with Gasteiger partial charge in [0, 0.05) is 18.7 Å². The molecule has 42 heavy (non-hydrogen) atoms. The topological polar surface area (TPSA) is 114 Å². The number of nitrogens with zero attached hydrogens (tertiary/aromatic N) is 2. The van der Waals surface area contributed by atoms with Crippen LogP contribution in [-0.4, -0.2) is 64.1 Å². The van der Waals surface area contributed by atoms with E-state index in [1.165, 1.54) is 17.0 Å². The highest BCUT2D eigenvalue weighted by atomic mass is 32.2. The molecule has 0 bridgehead atoms. The number of hydrogen-bond acceptors (Lipinski definition) is 7. The van der Waals surface area contributed by atoms with Gasteiger partial charge in [0.1, 0.15) is 31.5 Å². The van der Waals surface area contributed by atoms with Crippen LogP contribution < -0.4 is 23.8 Å². The average molecular weight is 596 g/mol. The SMILES string of the molecule is CC[C@@H](C)NC(=O)[C@@H](C)N(Cc1ccc(OC)cc1)C(=O)CN(c1ccc2c(c1)OCCO2)S(=O)(=O)c1ccccc1. The summed E-state index contributed by atoms with van der Waals surface area (Å²) in [6, 6.07) is 18.8. The van der Waals surface area contributed by atoms with Crippen molar-refractivity contribution >= 4 is 27.5 Å². The number of anilines is 1. The normalized spacial score (nSPS) is 13.9. The summed E-state index contributed by atoms with van der Waals surface area (Å²) in [5, 5.41) is 2.93. The molecule has 0 fully saturated rings. The predicted molar refractivity (Wildman–Crippen MR) is 159 cm³/mol. The van der Waals surface area contributed by atoms with Gasteiger partial charge in [-0.3, -0.25) is 13.9 Å². The van der Waals surface area contributed by atoms with Gasteiger partial charge >= 0.3 is 0 Å². The molecule has 11 heteroatoms. The third-order valence-corrected chi connectivity index (χ3v) is 8.89. The van der Waals surface area contributed by atoms with E-state index in [4.69, 9.17) is 14.2 Å². The second-order valence-corrected chi connectivity index (χ2v) is 11.9. The third kappa shape index (κ3) is 7.14. The van der Waals surface area contributed by atoms with Crippen LogP contribution in [0.1, 0.15) is 32.8 Å². The number of carbonyl (C=O) groups excluding carboxylic acids is 2. The van der Waals surface area contributed by atoms with Gasteiger partial charge in [0.05, 0.1) is 17.7 Å². The van der Waals surface area contributed by atoms with E-state index in [1.54, 1.807) is 74.7 Å². The predicted octanol–water partition coefficient (Wildman–Crippen LogP) is 3.99. The Morgan fingerprint density at radius 2 is 1.62 bits per heavy atom. The van der Waals surface area contributed by atoms with Crippen molar-refractivity contribution in [1.29, 1.82) is 0 Å². The van der Waals surface area contributed by atoms with Crippen LogP contribution in [0.4, 0.5) is 5.69 Å². The van der Waals surface area contributed by atoms with E-state index in [2.05, 4.69) is 5.32 Å². The van der Waals surface area contributed by atoms with Crippen LogP contribution >= 0.6 is 0 Å². The van der Waals surface area contributed by atoms with Crippen LogP contribution in [0.25, 0.3) is 0 Å². The van der Waals surface area contributed by atoms with Crippen LogP contribution in [0.5, 0.6) is 17.2 Å². The fraction of sp³-hybridized carbons (Fsp3) is 0.355. The Hall–Kier alpha value is -4.25. The first kappa shape index (κ1) is 30.7. The lowest BCUT2D eigenvalue weighted by molar-refractivity contribution is -0.139. The van der Waals surface area contributed by atoms with Crippen LogP contribution in [0.2, 0.25) is 0 Å². The summed E-state index contributed by atoms with van der Waals surface area (Å²) >= 11 is 0. The molecule has 0 saturated heterocycles. The molecule has 0 unspecified atom stereocenters. The van der Waals surface area contributed by atoms with Crippen LogP contribution in [0.3, 0.4) is 0 Å². The van der Waals surface area contributed by atoms with Crippen molar-refractivity contribution in [2.24, 2.45) is 0 Å². The molecule has 4 rings (SSSR count). The van der Waals surface area contributed by atoms with E-state index < -0.39 is 28.5 Å². The largest absolute Gasteiger partial charge is 0.497 e. The first-order valence-electron chi connectivity index (χ1n) is 13.8. The number of fused-ring (bicyclic) bond motifs is 1. The van der Waals surface area contributed by atoms with E-state index >= 15 is 0 Å². The van der Waals surface area contributed by atoms with Crippen molar-refractivity contribution in [3.8, 4) is 17.2 Å². The fourth-order valence-electron chi connectivity index (χ4n) is 4.41. The third-order valence-electron chi connectivity index (χ3n) is 7.10. The van der Waals surface area contributed by atoms with Crippen molar-refractivity contribution in [2.75, 3.05) is 31.2 Å². The Kier molecular flexibility index (Phi) is 9.95. The molecule has 1 heterocycles. The maximum Gasteiger partial charge on any atom is 0.264 e. The number of nitrogens with one attached hydrogen (secondary N) is 1. The van der Waals surface area contributed by atoms with E-state index in [9.17, 15) is 18.0 Å². The number of carbonyl (C=O) groups is 2. The number of hydrogen-bond donors (Lipinski definition) is 1. The second kappa shape index (κ2) is 13.6. The molecule has 0 aromatic heterocycles. The molecule has 0 aliphatic carbocycles. The summed E-state index contributed by atoms with van der Waals surface area (Å²) in [5.74, 6) is 0.647. The highest BCUT2D eigenvalue weighted by Gasteiger charge is 2.33. The smallest absolute Gasteiger partial charge is 0.264 e. The van der Waals surface area contributed by atoms with Crippen molar-refractivity contribution < 1.29 is 32.2 Å². The first-order chi connectivity index (χ1) is 20.1. The van der Waals surface area contributed by atoms with Gasteiger partial charge in [0.15, 0.2) is 11.5 Å². The molecular weight excluding hydrogens is 558 g/mol. The van der Waals surface area contributed by atoms with Gasteiger partial charge in [-0.15, -0.1) is 0 Å². The van der Waals surface area contributed by atoms with E-state index in [0.717, 1.165) is 16.3 Å². The summed E-state index contributed by atoms with van der Waals surface area (Å²) < 4.78 is 45.5. The maximum absolute atomic E-state index is 14.1. The molecule has 3 aromatic rings. The minimum Gasteiger partial charge on any atom is -0.497 e. The van der Waals surface area contributed by atoms with Crippen molar-refractivity contribution in [2.45, 2.75) is 50.7 Å². The van der Waals surface area contributed by atoms with Crippen molar-refractivity contribution in [1.82, 2.24) is 10.2 Å². The molecule has 1 aliphatic heterocycles. The molecule has 1 aliphatic rings. The lowest BCUT2D eigenvalue weighted by Gasteiger charge is -2.32. The zero-order chi connectivity index (χ0) is 30.3. The number of ether oxygens (including phenoxy) is 3. The summed E-state index contributed by atoms with van der Waals surface area (Å²) in [4.78, 5) is 28.7. The van der Waals surface area contributed by atoms with Crippen LogP contribution in [0, 0.1) is 0 Å². The van der Waals surface area contributed by atoms with E-state index in [0.29, 0.717) is 30.5 Å². The van der Waals surface area contributed by atoms with Gasteiger partial charge in [-0.2, -0.15) is 0 Å².